The van der Waals surface area contributed by atoms with E-state index in [1.807, 2.05) is 56.3 Å². The predicted octanol–water partition coefficient (Wildman–Crippen LogP) is 5.54. The Kier molecular flexibility index (Phi) is 7.54. The third-order valence-corrected chi connectivity index (χ3v) is 5.87. The third-order valence-electron chi connectivity index (χ3n) is 4.86. The number of rotatable bonds is 4. The molecule has 1 N–H and O–H groups in total. The maximum absolute atomic E-state index is 12.6. The highest BCUT2D eigenvalue weighted by molar-refractivity contribution is 8.14. The number of benzene rings is 2. The molecule has 0 bridgehead atoms. The van der Waals surface area contributed by atoms with Crippen LogP contribution < -0.4 is 5.32 Å². The second-order valence-corrected chi connectivity index (χ2v) is 8.23. The minimum absolute atomic E-state index is 0.00860. The van der Waals surface area contributed by atoms with E-state index in [-0.39, 0.29) is 5.91 Å². The molecule has 28 heavy (non-hydrogen) atoms. The summed E-state index contributed by atoms with van der Waals surface area (Å²) in [4.78, 5) is 19.8. The molecule has 4 nitrogen and oxygen atoms in total. The van der Waals surface area contributed by atoms with Crippen LogP contribution in [0.4, 0.5) is 11.4 Å². The fraction of sp³-hybridized carbons (Fsp3) is 0.391. The van der Waals surface area contributed by atoms with Crippen LogP contribution in [0.15, 0.2) is 53.5 Å². The lowest BCUT2D eigenvalue weighted by atomic mass is 10.1. The summed E-state index contributed by atoms with van der Waals surface area (Å²) in [7, 11) is 0. The second-order valence-electron chi connectivity index (χ2n) is 7.29. The molecule has 0 aliphatic carbocycles. The average molecular weight is 396 g/mol. The lowest BCUT2D eigenvalue weighted by molar-refractivity contribution is -0.113. The van der Waals surface area contributed by atoms with Gasteiger partial charge in [0.05, 0.1) is 11.4 Å². The van der Waals surface area contributed by atoms with Gasteiger partial charge in [0.2, 0.25) is 5.91 Å². The molecule has 2 aromatic rings. The Hall–Kier alpha value is -2.27. The van der Waals surface area contributed by atoms with Gasteiger partial charge in [0.15, 0.2) is 5.17 Å². The van der Waals surface area contributed by atoms with Crippen LogP contribution >= 0.6 is 11.8 Å². The number of hydrogen-bond donors (Lipinski definition) is 1. The Morgan fingerprint density at radius 3 is 2.46 bits per heavy atom. The molecule has 1 heterocycles. The number of carbonyl (C=O) groups is 1. The highest BCUT2D eigenvalue weighted by Gasteiger charge is 2.16. The SMILES string of the molecule is Cc1ccc(C)c(NC(=O)CSC(=Nc2ccccc2)N2CCCCCC2)c1. The van der Waals surface area contributed by atoms with E-state index in [9.17, 15) is 4.79 Å². The number of para-hydroxylation sites is 1. The molecule has 1 amide bonds. The van der Waals surface area contributed by atoms with Crippen molar-refractivity contribution >= 4 is 34.2 Å². The highest BCUT2D eigenvalue weighted by atomic mass is 32.2. The summed E-state index contributed by atoms with van der Waals surface area (Å²) in [5.74, 6) is 0.365. The number of likely N-dealkylation sites (tertiary alicyclic amines) is 1. The zero-order valence-corrected chi connectivity index (χ0v) is 17.6. The van der Waals surface area contributed by atoms with E-state index >= 15 is 0 Å². The van der Waals surface area contributed by atoms with E-state index in [0.29, 0.717) is 5.75 Å². The van der Waals surface area contributed by atoms with Gasteiger partial charge in [0.25, 0.3) is 0 Å². The number of nitrogens with one attached hydrogen (secondary N) is 1. The van der Waals surface area contributed by atoms with Gasteiger partial charge in [-0.05, 0) is 56.0 Å². The van der Waals surface area contributed by atoms with Crippen LogP contribution in [0, 0.1) is 13.8 Å². The lowest BCUT2D eigenvalue weighted by Crippen LogP contribution is -2.31. The summed E-state index contributed by atoms with van der Waals surface area (Å²) in [5, 5.41) is 4.00. The van der Waals surface area contributed by atoms with Gasteiger partial charge < -0.3 is 10.2 Å². The summed E-state index contributed by atoms with van der Waals surface area (Å²) < 4.78 is 0. The first-order valence-electron chi connectivity index (χ1n) is 10.0. The van der Waals surface area contributed by atoms with Gasteiger partial charge in [-0.15, -0.1) is 0 Å². The number of amides is 1. The molecule has 0 unspecified atom stereocenters. The van der Waals surface area contributed by atoms with Crippen molar-refractivity contribution < 1.29 is 4.79 Å². The maximum atomic E-state index is 12.6. The fourth-order valence-electron chi connectivity index (χ4n) is 3.26. The third kappa shape index (κ3) is 6.13. The summed E-state index contributed by atoms with van der Waals surface area (Å²) in [6, 6.07) is 16.1. The van der Waals surface area contributed by atoms with Crippen LogP contribution in [0.3, 0.4) is 0 Å². The number of hydrogen-bond acceptors (Lipinski definition) is 3. The van der Waals surface area contributed by atoms with Crippen molar-refractivity contribution in [2.24, 2.45) is 4.99 Å². The topological polar surface area (TPSA) is 44.7 Å². The van der Waals surface area contributed by atoms with Crippen LogP contribution in [-0.2, 0) is 4.79 Å². The maximum Gasteiger partial charge on any atom is 0.234 e. The Labute approximate surface area is 172 Å². The van der Waals surface area contributed by atoms with E-state index in [1.165, 1.54) is 37.4 Å². The zero-order valence-electron chi connectivity index (χ0n) is 16.8. The standard InChI is InChI=1S/C23H29N3OS/c1-18-12-13-19(2)21(16-18)25-22(27)17-28-23(24-20-10-6-5-7-11-20)26-14-8-3-4-9-15-26/h5-7,10-13,16H,3-4,8-9,14-15,17H2,1-2H3,(H,25,27). The average Bonchev–Trinajstić information content (AvgIpc) is 2.98. The molecule has 1 saturated heterocycles. The Bertz CT molecular complexity index is 812. The summed E-state index contributed by atoms with van der Waals surface area (Å²) in [6.07, 6.45) is 4.91. The predicted molar refractivity (Wildman–Crippen MR) is 121 cm³/mol. The molecule has 2 aromatic carbocycles. The van der Waals surface area contributed by atoms with Crippen molar-refractivity contribution in [1.29, 1.82) is 0 Å². The van der Waals surface area contributed by atoms with Gasteiger partial charge in [0, 0.05) is 18.8 Å². The fourth-order valence-corrected chi connectivity index (χ4v) is 4.12. The van der Waals surface area contributed by atoms with Gasteiger partial charge >= 0.3 is 0 Å². The van der Waals surface area contributed by atoms with Crippen molar-refractivity contribution in [3.8, 4) is 0 Å². The summed E-state index contributed by atoms with van der Waals surface area (Å²) in [6.45, 7) is 6.07. The first kappa shape index (κ1) is 20.5. The van der Waals surface area contributed by atoms with E-state index in [2.05, 4.69) is 16.3 Å². The quantitative estimate of drug-likeness (QED) is 0.546. The van der Waals surface area contributed by atoms with E-state index in [1.54, 1.807) is 0 Å². The largest absolute Gasteiger partial charge is 0.351 e. The molecule has 0 atom stereocenters. The molecule has 0 spiro atoms. The molecule has 5 heteroatoms. The van der Waals surface area contributed by atoms with Crippen molar-refractivity contribution in [3.63, 3.8) is 0 Å². The smallest absolute Gasteiger partial charge is 0.234 e. The summed E-state index contributed by atoms with van der Waals surface area (Å²) in [5.41, 5.74) is 4.05. The number of carbonyl (C=O) groups excluding carboxylic acids is 1. The normalized spacial score (nSPS) is 15.2. The van der Waals surface area contributed by atoms with Crippen molar-refractivity contribution in [3.05, 3.63) is 59.7 Å². The Balaban J connectivity index is 1.69. The molecule has 148 valence electrons. The number of nitrogens with zero attached hydrogens (tertiary/aromatic N) is 2. The molecule has 0 aromatic heterocycles. The van der Waals surface area contributed by atoms with Gasteiger partial charge in [-0.2, -0.15) is 0 Å². The van der Waals surface area contributed by atoms with Gasteiger partial charge in [0.1, 0.15) is 0 Å². The first-order valence-corrected chi connectivity index (χ1v) is 11.0. The van der Waals surface area contributed by atoms with Crippen molar-refractivity contribution in [2.45, 2.75) is 39.5 Å². The first-order chi connectivity index (χ1) is 13.6. The van der Waals surface area contributed by atoms with Crippen LogP contribution in [0.2, 0.25) is 0 Å². The Morgan fingerprint density at radius 2 is 1.75 bits per heavy atom. The molecule has 0 radical (unpaired) electrons. The van der Waals surface area contributed by atoms with Gasteiger partial charge in [-0.25, -0.2) is 4.99 Å². The molecule has 1 aliphatic heterocycles. The molecular weight excluding hydrogens is 366 g/mol. The number of aliphatic imine (C=N–C) groups is 1. The van der Waals surface area contributed by atoms with E-state index < -0.39 is 0 Å². The van der Waals surface area contributed by atoms with Crippen LogP contribution in [0.5, 0.6) is 0 Å². The highest BCUT2D eigenvalue weighted by Crippen LogP contribution is 2.22. The zero-order chi connectivity index (χ0) is 19.8. The number of aryl methyl sites for hydroxylation is 2. The second kappa shape index (κ2) is 10.3. The number of amidine groups is 1. The van der Waals surface area contributed by atoms with Crippen LogP contribution in [0.25, 0.3) is 0 Å². The van der Waals surface area contributed by atoms with Gasteiger partial charge in [-0.1, -0.05) is 54.9 Å². The monoisotopic (exact) mass is 395 g/mol. The minimum Gasteiger partial charge on any atom is -0.351 e. The summed E-state index contributed by atoms with van der Waals surface area (Å²) >= 11 is 1.53. The number of anilines is 1. The van der Waals surface area contributed by atoms with Crippen LogP contribution in [-0.4, -0.2) is 34.8 Å². The number of thioether (sulfide) groups is 1. The van der Waals surface area contributed by atoms with E-state index in [0.717, 1.165) is 40.8 Å². The molecule has 1 aliphatic rings. The molecule has 1 fully saturated rings. The molecular formula is C23H29N3OS. The molecule has 3 rings (SSSR count). The minimum atomic E-state index is 0.00860. The Morgan fingerprint density at radius 1 is 1.04 bits per heavy atom. The van der Waals surface area contributed by atoms with Crippen LogP contribution in [0.1, 0.15) is 36.8 Å². The van der Waals surface area contributed by atoms with E-state index in [4.69, 9.17) is 4.99 Å². The van der Waals surface area contributed by atoms with Gasteiger partial charge in [-0.3, -0.25) is 4.79 Å². The lowest BCUT2D eigenvalue weighted by Gasteiger charge is -2.23. The van der Waals surface area contributed by atoms with Crippen molar-refractivity contribution in [2.75, 3.05) is 24.2 Å². The molecule has 0 saturated carbocycles. The van der Waals surface area contributed by atoms with Crippen molar-refractivity contribution in [1.82, 2.24) is 4.90 Å².